The number of thiophene rings is 1. The van der Waals surface area contributed by atoms with Crippen LogP contribution in [-0.2, 0) is 17.9 Å². The Morgan fingerprint density at radius 1 is 1.25 bits per heavy atom. The van der Waals surface area contributed by atoms with Crippen LogP contribution in [0.5, 0.6) is 5.75 Å². The number of nitrogens with two attached hydrogens (primary N) is 1. The van der Waals surface area contributed by atoms with Crippen LogP contribution in [0.1, 0.15) is 10.4 Å². The van der Waals surface area contributed by atoms with Crippen LogP contribution in [0.2, 0.25) is 0 Å². The van der Waals surface area contributed by atoms with E-state index in [0.29, 0.717) is 12.3 Å². The van der Waals surface area contributed by atoms with Crippen molar-refractivity contribution in [2.24, 2.45) is 10.7 Å². The number of carbonyl (C=O) groups is 1. The van der Waals surface area contributed by atoms with Crippen molar-refractivity contribution in [3.63, 3.8) is 0 Å². The van der Waals surface area contributed by atoms with Gasteiger partial charge in [-0.2, -0.15) is 0 Å². The molecule has 24 heavy (non-hydrogen) atoms. The smallest absolute Gasteiger partial charge is 0.255 e. The maximum atomic E-state index is 10.7. The molecule has 0 aliphatic rings. The molecule has 4 N–H and O–H groups in total. The Hall–Kier alpha value is -1.81. The number of ether oxygens (including phenoxy) is 1. The molecule has 0 radical (unpaired) electrons. The molecule has 1 amide bonds. The summed E-state index contributed by atoms with van der Waals surface area (Å²) in [7, 11) is 1.73. The van der Waals surface area contributed by atoms with E-state index in [4.69, 9.17) is 10.5 Å². The van der Waals surface area contributed by atoms with Gasteiger partial charge in [-0.1, -0.05) is 18.2 Å². The largest absolute Gasteiger partial charge is 0.484 e. The molecule has 0 saturated heterocycles. The van der Waals surface area contributed by atoms with Gasteiger partial charge in [0, 0.05) is 18.5 Å². The van der Waals surface area contributed by atoms with Gasteiger partial charge < -0.3 is 21.1 Å². The number of nitrogens with one attached hydrogen (secondary N) is 2. The van der Waals surface area contributed by atoms with Crippen molar-refractivity contribution in [1.82, 2.24) is 10.6 Å². The van der Waals surface area contributed by atoms with E-state index in [9.17, 15) is 4.79 Å². The number of primary amides is 1. The average Bonchev–Trinajstić information content (AvgIpc) is 3.07. The van der Waals surface area contributed by atoms with E-state index < -0.39 is 5.91 Å². The van der Waals surface area contributed by atoms with E-state index in [-0.39, 0.29) is 30.6 Å². The Labute approximate surface area is 162 Å². The maximum Gasteiger partial charge on any atom is 0.255 e. The lowest BCUT2D eigenvalue weighted by atomic mass is 10.2. The molecule has 0 spiro atoms. The van der Waals surface area contributed by atoms with Gasteiger partial charge in [-0.25, -0.2) is 0 Å². The third-order valence-electron chi connectivity index (χ3n) is 2.97. The van der Waals surface area contributed by atoms with E-state index in [1.807, 2.05) is 29.6 Å². The molecule has 6 nitrogen and oxygen atoms in total. The number of rotatable bonds is 7. The number of halogens is 1. The van der Waals surface area contributed by atoms with E-state index in [1.54, 1.807) is 24.5 Å². The Kier molecular flexibility index (Phi) is 9.16. The van der Waals surface area contributed by atoms with Crippen LogP contribution >= 0.6 is 35.3 Å². The van der Waals surface area contributed by atoms with Gasteiger partial charge in [0.05, 0.1) is 6.54 Å². The van der Waals surface area contributed by atoms with Gasteiger partial charge in [-0.15, -0.1) is 35.3 Å². The Morgan fingerprint density at radius 3 is 2.71 bits per heavy atom. The van der Waals surface area contributed by atoms with Crippen LogP contribution in [0.25, 0.3) is 0 Å². The summed E-state index contributed by atoms with van der Waals surface area (Å²) in [5, 5.41) is 8.54. The van der Waals surface area contributed by atoms with Crippen molar-refractivity contribution in [1.29, 1.82) is 0 Å². The molecule has 0 saturated carbocycles. The number of nitrogens with zero attached hydrogens (tertiary/aromatic N) is 1. The molecule has 8 heteroatoms. The topological polar surface area (TPSA) is 88.7 Å². The Morgan fingerprint density at radius 2 is 2.04 bits per heavy atom. The summed E-state index contributed by atoms with van der Waals surface area (Å²) in [5.41, 5.74) is 6.09. The number of benzene rings is 1. The summed E-state index contributed by atoms with van der Waals surface area (Å²) in [6, 6.07) is 11.6. The summed E-state index contributed by atoms with van der Waals surface area (Å²) < 4.78 is 5.29. The average molecular weight is 460 g/mol. The molecule has 0 unspecified atom stereocenters. The van der Waals surface area contributed by atoms with Crippen LogP contribution in [-0.4, -0.2) is 25.5 Å². The fraction of sp³-hybridized carbons (Fsp3) is 0.250. The monoisotopic (exact) mass is 460 g/mol. The third kappa shape index (κ3) is 7.18. The predicted octanol–water partition coefficient (Wildman–Crippen LogP) is 2.10. The molecule has 1 aromatic carbocycles. The molecule has 2 rings (SSSR count). The van der Waals surface area contributed by atoms with Gasteiger partial charge in [-0.05, 0) is 29.1 Å². The number of carbonyl (C=O) groups excluding carboxylic acids is 1. The van der Waals surface area contributed by atoms with Gasteiger partial charge >= 0.3 is 0 Å². The number of hydrogen-bond donors (Lipinski definition) is 3. The normalized spacial score (nSPS) is 10.6. The van der Waals surface area contributed by atoms with Crippen molar-refractivity contribution in [3.8, 4) is 5.75 Å². The molecule has 1 heterocycles. The van der Waals surface area contributed by atoms with Gasteiger partial charge in [0.15, 0.2) is 12.6 Å². The van der Waals surface area contributed by atoms with Crippen LogP contribution in [0.15, 0.2) is 46.8 Å². The highest BCUT2D eigenvalue weighted by atomic mass is 127. The standard InChI is InChI=1S/C16H20N4O2S.HI/c1-18-16(20-10-14-6-3-7-23-14)19-9-12-4-2-5-13(8-12)22-11-15(17)21;/h2-8H,9-11H2,1H3,(H2,17,21)(H2,18,19,20);1H. The van der Waals surface area contributed by atoms with Crippen LogP contribution in [0, 0.1) is 0 Å². The van der Waals surface area contributed by atoms with Crippen molar-refractivity contribution < 1.29 is 9.53 Å². The number of hydrogen-bond acceptors (Lipinski definition) is 4. The Bertz CT molecular complexity index is 662. The second kappa shape index (κ2) is 10.9. The minimum absolute atomic E-state index is 0. The number of guanidine groups is 1. The molecule has 2 aromatic rings. The summed E-state index contributed by atoms with van der Waals surface area (Å²) in [4.78, 5) is 16.2. The quantitative estimate of drug-likeness (QED) is 0.336. The minimum Gasteiger partial charge on any atom is -0.484 e. The number of aliphatic imine (C=N–C) groups is 1. The van der Waals surface area contributed by atoms with Crippen LogP contribution < -0.4 is 21.1 Å². The van der Waals surface area contributed by atoms with Crippen LogP contribution in [0.4, 0.5) is 0 Å². The molecule has 1 aromatic heterocycles. The van der Waals surface area contributed by atoms with Crippen molar-refractivity contribution in [3.05, 3.63) is 52.2 Å². The lowest BCUT2D eigenvalue weighted by Gasteiger charge is -2.12. The fourth-order valence-corrected chi connectivity index (χ4v) is 2.53. The lowest BCUT2D eigenvalue weighted by molar-refractivity contribution is -0.119. The van der Waals surface area contributed by atoms with Crippen molar-refractivity contribution >= 4 is 47.2 Å². The van der Waals surface area contributed by atoms with Crippen molar-refractivity contribution in [2.45, 2.75) is 13.1 Å². The first kappa shape index (κ1) is 20.2. The van der Waals surface area contributed by atoms with E-state index in [0.717, 1.165) is 18.1 Å². The molecule has 0 aliphatic heterocycles. The second-order valence-electron chi connectivity index (χ2n) is 4.76. The first-order valence-electron chi connectivity index (χ1n) is 7.14. The SMILES string of the molecule is CN=C(NCc1cccc(OCC(N)=O)c1)NCc1cccs1.I. The predicted molar refractivity (Wildman–Crippen MR) is 108 cm³/mol. The van der Waals surface area contributed by atoms with E-state index in [1.165, 1.54) is 4.88 Å². The summed E-state index contributed by atoms with van der Waals surface area (Å²) in [5.74, 6) is 0.846. The highest BCUT2D eigenvalue weighted by Crippen LogP contribution is 2.13. The summed E-state index contributed by atoms with van der Waals surface area (Å²) in [6.07, 6.45) is 0. The fourth-order valence-electron chi connectivity index (χ4n) is 1.89. The maximum absolute atomic E-state index is 10.7. The van der Waals surface area contributed by atoms with Gasteiger partial charge in [-0.3, -0.25) is 9.79 Å². The van der Waals surface area contributed by atoms with Gasteiger partial charge in [0.2, 0.25) is 0 Å². The van der Waals surface area contributed by atoms with E-state index >= 15 is 0 Å². The summed E-state index contributed by atoms with van der Waals surface area (Å²) in [6.45, 7) is 1.21. The molecular formula is C16H21IN4O2S. The molecule has 0 aliphatic carbocycles. The van der Waals surface area contributed by atoms with Gasteiger partial charge in [0.25, 0.3) is 5.91 Å². The zero-order valence-corrected chi connectivity index (χ0v) is 16.5. The summed E-state index contributed by atoms with van der Waals surface area (Å²) >= 11 is 1.70. The molecule has 0 fully saturated rings. The number of amides is 1. The minimum atomic E-state index is -0.494. The van der Waals surface area contributed by atoms with E-state index in [2.05, 4.69) is 21.7 Å². The highest BCUT2D eigenvalue weighted by Gasteiger charge is 2.02. The molecule has 130 valence electrons. The highest BCUT2D eigenvalue weighted by molar-refractivity contribution is 14.0. The lowest BCUT2D eigenvalue weighted by Crippen LogP contribution is -2.36. The Balaban J connectivity index is 0.00000288. The zero-order valence-electron chi connectivity index (χ0n) is 13.3. The third-order valence-corrected chi connectivity index (χ3v) is 3.85. The first-order valence-corrected chi connectivity index (χ1v) is 8.02. The molecule has 0 atom stereocenters. The second-order valence-corrected chi connectivity index (χ2v) is 5.79. The first-order chi connectivity index (χ1) is 11.2. The molecule has 0 bridgehead atoms. The van der Waals surface area contributed by atoms with Crippen LogP contribution in [0.3, 0.4) is 0 Å². The van der Waals surface area contributed by atoms with Gasteiger partial charge in [0.1, 0.15) is 5.75 Å². The van der Waals surface area contributed by atoms with Crippen molar-refractivity contribution in [2.75, 3.05) is 13.7 Å². The zero-order chi connectivity index (χ0) is 16.5. The molecular weight excluding hydrogens is 439 g/mol.